The van der Waals surface area contributed by atoms with Crippen LogP contribution in [0.3, 0.4) is 0 Å². The van der Waals surface area contributed by atoms with Crippen molar-refractivity contribution in [3.63, 3.8) is 0 Å². The summed E-state index contributed by atoms with van der Waals surface area (Å²) >= 11 is 1.66. The Balaban J connectivity index is 0.00000156. The molecule has 2 aromatic rings. The van der Waals surface area contributed by atoms with Crippen LogP contribution in [0.15, 0.2) is 35.7 Å². The molecule has 0 saturated carbocycles. The highest BCUT2D eigenvalue weighted by atomic mass is 35.5. The number of nitrogens with zero attached hydrogens (tertiary/aromatic N) is 2. The lowest BCUT2D eigenvalue weighted by Gasteiger charge is -2.16. The second-order valence-electron chi connectivity index (χ2n) is 6.19. The molecule has 2 N–H and O–H groups in total. The third kappa shape index (κ3) is 5.68. The van der Waals surface area contributed by atoms with Crippen molar-refractivity contribution in [2.75, 3.05) is 13.1 Å². The Morgan fingerprint density at radius 2 is 2.00 bits per heavy atom. The fourth-order valence-electron chi connectivity index (χ4n) is 3.19. The lowest BCUT2D eigenvalue weighted by molar-refractivity contribution is -0.130. The van der Waals surface area contributed by atoms with Crippen LogP contribution in [0.5, 0.6) is 0 Å². The fraction of sp³-hybridized carbons (Fsp3) is 0.444. The summed E-state index contributed by atoms with van der Waals surface area (Å²) in [4.78, 5) is 18.8. The topological polar surface area (TPSA) is 59.2 Å². The molecule has 1 fully saturated rings. The molecule has 0 spiro atoms. The molecule has 0 bridgehead atoms. The predicted octanol–water partition coefficient (Wildman–Crippen LogP) is 3.57. The van der Waals surface area contributed by atoms with Gasteiger partial charge in [0.2, 0.25) is 5.91 Å². The van der Waals surface area contributed by atoms with Gasteiger partial charge in [-0.2, -0.15) is 0 Å². The standard InChI is InChI=1S/C18H23N3OS.2ClH/c1-13-20-15(12-23-13)8-5-9-18(22)21-10-16(17(19)11-21)14-6-3-2-4-7-14;;/h2-4,6-7,12,16-17H,5,8-11,19H2,1H3;2*1H/t16-,17+;;/m0../s1. The van der Waals surface area contributed by atoms with Crippen LogP contribution < -0.4 is 5.73 Å². The molecule has 25 heavy (non-hydrogen) atoms. The molecule has 0 radical (unpaired) electrons. The number of amides is 1. The fourth-order valence-corrected chi connectivity index (χ4v) is 3.83. The summed E-state index contributed by atoms with van der Waals surface area (Å²) in [7, 11) is 0. The lowest BCUT2D eigenvalue weighted by atomic mass is 9.95. The Kier molecular flexibility index (Phi) is 8.86. The Morgan fingerprint density at radius 3 is 2.64 bits per heavy atom. The minimum Gasteiger partial charge on any atom is -0.340 e. The van der Waals surface area contributed by atoms with E-state index >= 15 is 0 Å². The van der Waals surface area contributed by atoms with Crippen molar-refractivity contribution in [1.82, 2.24) is 9.88 Å². The molecule has 1 aliphatic rings. The highest BCUT2D eigenvalue weighted by Crippen LogP contribution is 2.27. The van der Waals surface area contributed by atoms with E-state index in [0.29, 0.717) is 13.0 Å². The predicted molar refractivity (Wildman–Crippen MR) is 108 cm³/mol. The lowest BCUT2D eigenvalue weighted by Crippen LogP contribution is -2.32. The summed E-state index contributed by atoms with van der Waals surface area (Å²) in [6, 6.07) is 10.3. The first-order chi connectivity index (χ1) is 11.1. The van der Waals surface area contributed by atoms with Crippen LogP contribution in [0.4, 0.5) is 0 Å². The SMILES string of the molecule is Cc1nc(CCCC(=O)N2C[C@@H](N)[C@H](c3ccccc3)C2)cs1.Cl.Cl. The van der Waals surface area contributed by atoms with Crippen molar-refractivity contribution < 1.29 is 4.79 Å². The number of aryl methyl sites for hydroxylation is 2. The van der Waals surface area contributed by atoms with Crippen LogP contribution in [0.25, 0.3) is 0 Å². The van der Waals surface area contributed by atoms with Gasteiger partial charge in [0.1, 0.15) is 0 Å². The van der Waals surface area contributed by atoms with Gasteiger partial charge in [-0.1, -0.05) is 30.3 Å². The maximum atomic E-state index is 12.4. The Morgan fingerprint density at radius 1 is 1.28 bits per heavy atom. The number of carbonyl (C=O) groups is 1. The summed E-state index contributed by atoms with van der Waals surface area (Å²) in [6.45, 7) is 3.41. The number of halogens is 2. The minimum absolute atomic E-state index is 0. The van der Waals surface area contributed by atoms with E-state index in [1.165, 1.54) is 5.56 Å². The van der Waals surface area contributed by atoms with E-state index in [2.05, 4.69) is 22.5 Å². The number of thiazole rings is 1. The van der Waals surface area contributed by atoms with Gasteiger partial charge in [-0.3, -0.25) is 4.79 Å². The number of carbonyl (C=O) groups excluding carboxylic acids is 1. The molecule has 138 valence electrons. The van der Waals surface area contributed by atoms with Crippen molar-refractivity contribution in [2.45, 2.75) is 38.1 Å². The van der Waals surface area contributed by atoms with Gasteiger partial charge in [-0.15, -0.1) is 36.2 Å². The smallest absolute Gasteiger partial charge is 0.222 e. The van der Waals surface area contributed by atoms with Gasteiger partial charge >= 0.3 is 0 Å². The molecular weight excluding hydrogens is 377 g/mol. The van der Waals surface area contributed by atoms with E-state index in [1.807, 2.05) is 30.0 Å². The van der Waals surface area contributed by atoms with E-state index < -0.39 is 0 Å². The van der Waals surface area contributed by atoms with Gasteiger partial charge in [0.25, 0.3) is 0 Å². The van der Waals surface area contributed by atoms with Crippen molar-refractivity contribution in [3.8, 4) is 0 Å². The highest BCUT2D eigenvalue weighted by Gasteiger charge is 2.33. The number of nitrogens with two attached hydrogens (primary N) is 1. The Labute approximate surface area is 165 Å². The van der Waals surface area contributed by atoms with Crippen LogP contribution in [-0.2, 0) is 11.2 Å². The molecule has 3 rings (SSSR count). The average molecular weight is 402 g/mol. The maximum absolute atomic E-state index is 12.4. The van der Waals surface area contributed by atoms with E-state index in [9.17, 15) is 4.79 Å². The summed E-state index contributed by atoms with van der Waals surface area (Å²) in [5.74, 6) is 0.465. The van der Waals surface area contributed by atoms with Gasteiger partial charge < -0.3 is 10.6 Å². The van der Waals surface area contributed by atoms with Crippen LogP contribution in [-0.4, -0.2) is 34.9 Å². The van der Waals surface area contributed by atoms with Crippen LogP contribution in [0.1, 0.15) is 35.0 Å². The summed E-state index contributed by atoms with van der Waals surface area (Å²) in [5, 5.41) is 3.17. The van der Waals surface area contributed by atoms with Crippen LogP contribution in [0.2, 0.25) is 0 Å². The Hall–Kier alpha value is -1.14. The Bertz CT molecular complexity index is 665. The zero-order valence-corrected chi connectivity index (χ0v) is 16.7. The quantitative estimate of drug-likeness (QED) is 0.832. The third-order valence-corrected chi connectivity index (χ3v) is 5.26. The van der Waals surface area contributed by atoms with E-state index in [0.717, 1.165) is 30.1 Å². The maximum Gasteiger partial charge on any atom is 0.222 e. The van der Waals surface area contributed by atoms with Gasteiger partial charge in [0.15, 0.2) is 0 Å². The molecule has 0 unspecified atom stereocenters. The van der Waals surface area contributed by atoms with E-state index in [-0.39, 0.29) is 42.7 Å². The van der Waals surface area contributed by atoms with Crippen molar-refractivity contribution in [3.05, 3.63) is 52.0 Å². The van der Waals surface area contributed by atoms with Gasteiger partial charge in [0, 0.05) is 36.9 Å². The molecule has 7 heteroatoms. The first-order valence-electron chi connectivity index (χ1n) is 8.13. The molecule has 2 atom stereocenters. The molecule has 1 aromatic heterocycles. The second-order valence-corrected chi connectivity index (χ2v) is 7.25. The van der Waals surface area contributed by atoms with Crippen molar-refractivity contribution >= 4 is 42.1 Å². The highest BCUT2D eigenvalue weighted by molar-refractivity contribution is 7.09. The van der Waals surface area contributed by atoms with Crippen molar-refractivity contribution in [2.24, 2.45) is 5.73 Å². The van der Waals surface area contributed by atoms with Gasteiger partial charge in [0.05, 0.1) is 10.7 Å². The first kappa shape index (κ1) is 21.9. The van der Waals surface area contributed by atoms with Gasteiger partial charge in [-0.05, 0) is 25.3 Å². The number of hydrogen-bond acceptors (Lipinski definition) is 4. The third-order valence-electron chi connectivity index (χ3n) is 4.44. The zero-order valence-electron chi connectivity index (χ0n) is 14.3. The second kappa shape index (κ2) is 10.1. The molecule has 0 aliphatic carbocycles. The van der Waals surface area contributed by atoms with Gasteiger partial charge in [-0.25, -0.2) is 4.98 Å². The molecule has 2 heterocycles. The number of rotatable bonds is 5. The number of likely N-dealkylation sites (tertiary alicyclic amines) is 1. The number of benzene rings is 1. The molecule has 1 saturated heterocycles. The number of hydrogen-bond donors (Lipinski definition) is 1. The zero-order chi connectivity index (χ0) is 16.2. The molecular formula is C18H25Cl2N3OS. The normalized spacial score (nSPS) is 19.2. The summed E-state index contributed by atoms with van der Waals surface area (Å²) in [5.41, 5.74) is 8.59. The average Bonchev–Trinajstić information content (AvgIpc) is 3.14. The molecule has 1 amide bonds. The molecule has 1 aliphatic heterocycles. The summed E-state index contributed by atoms with van der Waals surface area (Å²) < 4.78 is 0. The molecule has 4 nitrogen and oxygen atoms in total. The molecule has 1 aromatic carbocycles. The summed E-state index contributed by atoms with van der Waals surface area (Å²) in [6.07, 6.45) is 2.30. The van der Waals surface area contributed by atoms with Crippen LogP contribution >= 0.6 is 36.2 Å². The first-order valence-corrected chi connectivity index (χ1v) is 9.01. The van der Waals surface area contributed by atoms with E-state index in [1.54, 1.807) is 11.3 Å². The van der Waals surface area contributed by atoms with Crippen LogP contribution in [0, 0.1) is 6.92 Å². The minimum atomic E-state index is 0. The largest absolute Gasteiger partial charge is 0.340 e. The van der Waals surface area contributed by atoms with Crippen molar-refractivity contribution in [1.29, 1.82) is 0 Å². The van der Waals surface area contributed by atoms with E-state index in [4.69, 9.17) is 5.73 Å². The number of aromatic nitrogens is 1. The monoisotopic (exact) mass is 401 g/mol.